The van der Waals surface area contributed by atoms with Gasteiger partial charge in [-0.15, -0.1) is 0 Å². The minimum atomic E-state index is -4.45. The lowest BCUT2D eigenvalue weighted by Gasteiger charge is -2.28. The summed E-state index contributed by atoms with van der Waals surface area (Å²) in [6.45, 7) is 3.16. The highest BCUT2D eigenvalue weighted by Gasteiger charge is 2.53. The molecule has 0 bridgehead atoms. The van der Waals surface area contributed by atoms with Crippen molar-refractivity contribution in [3.05, 3.63) is 52.8 Å². The molecule has 0 spiro atoms. The van der Waals surface area contributed by atoms with Crippen molar-refractivity contribution in [1.29, 1.82) is 0 Å². The Kier molecular flexibility index (Phi) is 5.84. The Bertz CT molecular complexity index is 1180. The molecule has 1 saturated carbocycles. The Balaban J connectivity index is 1.61. The van der Waals surface area contributed by atoms with E-state index in [1.165, 1.54) is 29.2 Å². The van der Waals surface area contributed by atoms with Gasteiger partial charge in [0.15, 0.2) is 0 Å². The van der Waals surface area contributed by atoms with E-state index in [4.69, 9.17) is 17.3 Å². The number of nitrogens with two attached hydrogens (primary N) is 1. The molecule has 2 fully saturated rings. The van der Waals surface area contributed by atoms with Gasteiger partial charge in [-0.1, -0.05) is 11.6 Å². The van der Waals surface area contributed by atoms with E-state index in [0.29, 0.717) is 24.1 Å². The summed E-state index contributed by atoms with van der Waals surface area (Å²) in [6, 6.07) is 7.58. The molecule has 4 rings (SSSR count). The number of hydrogen-bond acceptors (Lipinski definition) is 5. The highest BCUT2D eigenvalue weighted by atomic mass is 35.5. The van der Waals surface area contributed by atoms with Crippen LogP contribution in [0.5, 0.6) is 0 Å². The van der Waals surface area contributed by atoms with Crippen molar-refractivity contribution in [3.8, 4) is 0 Å². The average Bonchev–Trinajstić information content (AvgIpc) is 3.51. The monoisotopic (exact) mass is 512 g/mol. The second-order valence-corrected chi connectivity index (χ2v) is 10.3. The number of pyridine rings is 1. The Morgan fingerprint density at radius 3 is 2.32 bits per heavy atom. The first-order valence-electron chi connectivity index (χ1n) is 10.2. The van der Waals surface area contributed by atoms with Gasteiger partial charge in [0.05, 0.1) is 16.8 Å². The number of amides is 4. The van der Waals surface area contributed by atoms with Gasteiger partial charge in [-0.2, -0.15) is 13.2 Å². The van der Waals surface area contributed by atoms with Crippen LogP contribution in [0.4, 0.5) is 23.7 Å². The molecule has 0 radical (unpaired) electrons. The maximum Gasteiger partial charge on any atom is 0.446 e. The molecule has 0 unspecified atom stereocenters. The van der Waals surface area contributed by atoms with E-state index in [9.17, 15) is 27.6 Å². The van der Waals surface area contributed by atoms with E-state index in [-0.39, 0.29) is 34.0 Å². The molecule has 2 N–H and O–H groups in total. The first-order valence-corrected chi connectivity index (χ1v) is 11.4. The van der Waals surface area contributed by atoms with E-state index in [1.807, 2.05) is 0 Å². The zero-order valence-corrected chi connectivity index (χ0v) is 19.7. The summed E-state index contributed by atoms with van der Waals surface area (Å²) in [5.74, 6) is -1.02. The van der Waals surface area contributed by atoms with Crippen LogP contribution in [0, 0.1) is 0 Å². The lowest BCUT2D eigenvalue weighted by molar-refractivity contribution is -0.123. The van der Waals surface area contributed by atoms with Gasteiger partial charge in [-0.25, -0.2) is 14.7 Å². The number of benzene rings is 1. The lowest BCUT2D eigenvalue weighted by Crippen LogP contribution is -2.43. The van der Waals surface area contributed by atoms with Crippen LogP contribution in [-0.2, 0) is 21.5 Å². The number of thioether (sulfide) groups is 1. The van der Waals surface area contributed by atoms with Crippen LogP contribution < -0.4 is 10.6 Å². The summed E-state index contributed by atoms with van der Waals surface area (Å²) in [6.07, 6.45) is 1.11. The molecule has 2 aromatic rings. The van der Waals surface area contributed by atoms with Crippen LogP contribution in [0.1, 0.15) is 37.9 Å². The molecule has 1 saturated heterocycles. The number of alkyl halides is 3. The summed E-state index contributed by atoms with van der Waals surface area (Å²) >= 11 is 5.89. The molecule has 1 aromatic carbocycles. The second-order valence-electron chi connectivity index (χ2n) is 8.74. The first kappa shape index (κ1) is 24.3. The van der Waals surface area contributed by atoms with Crippen LogP contribution >= 0.6 is 23.4 Å². The number of rotatable bonds is 6. The Hall–Kier alpha value is -2.79. The average molecular weight is 513 g/mol. The smallest absolute Gasteiger partial charge is 0.369 e. The predicted molar refractivity (Wildman–Crippen MR) is 120 cm³/mol. The van der Waals surface area contributed by atoms with Gasteiger partial charge in [0.2, 0.25) is 5.91 Å². The van der Waals surface area contributed by atoms with Gasteiger partial charge < -0.3 is 10.6 Å². The van der Waals surface area contributed by atoms with E-state index in [1.54, 1.807) is 26.0 Å². The third-order valence-electron chi connectivity index (χ3n) is 6.06. The number of aromatic nitrogens is 1. The van der Waals surface area contributed by atoms with Crippen molar-refractivity contribution in [2.24, 2.45) is 5.73 Å². The van der Waals surface area contributed by atoms with Crippen molar-refractivity contribution in [3.63, 3.8) is 0 Å². The van der Waals surface area contributed by atoms with Gasteiger partial charge in [0.25, 0.3) is 5.91 Å². The maximum atomic E-state index is 13.3. The topological polar surface area (TPSA) is 96.6 Å². The van der Waals surface area contributed by atoms with Crippen molar-refractivity contribution >= 4 is 46.9 Å². The third-order valence-corrected chi connectivity index (χ3v) is 6.99. The fraction of sp³-hybridized carbons (Fsp3) is 0.364. The number of anilines is 1. The molecule has 0 atom stereocenters. The van der Waals surface area contributed by atoms with Gasteiger partial charge in [0.1, 0.15) is 10.7 Å². The molecular formula is C22H20ClF3N4O3S. The number of hydrogen-bond donors (Lipinski definition) is 1. The molecule has 180 valence electrons. The molecule has 1 aliphatic carbocycles. The molecular weight excluding hydrogens is 493 g/mol. The highest BCUT2D eigenvalue weighted by Crippen LogP contribution is 2.48. The van der Waals surface area contributed by atoms with E-state index in [0.717, 1.165) is 4.90 Å². The van der Waals surface area contributed by atoms with E-state index < -0.39 is 34.3 Å². The number of imide groups is 1. The fourth-order valence-electron chi connectivity index (χ4n) is 3.95. The van der Waals surface area contributed by atoms with Gasteiger partial charge in [0, 0.05) is 11.4 Å². The van der Waals surface area contributed by atoms with Crippen molar-refractivity contribution in [2.75, 3.05) is 4.90 Å². The van der Waals surface area contributed by atoms with Crippen molar-refractivity contribution in [2.45, 2.75) is 54.6 Å². The van der Waals surface area contributed by atoms with Gasteiger partial charge in [-0.05, 0) is 80.4 Å². The minimum Gasteiger partial charge on any atom is -0.369 e. The number of carbonyl (C=O) groups excluding carboxylic acids is 3. The number of primary amides is 1. The lowest BCUT2D eigenvalue weighted by atomic mass is 9.98. The van der Waals surface area contributed by atoms with Crippen molar-refractivity contribution < 1.29 is 27.6 Å². The standard InChI is InChI=1S/C22H20ClF3N4O3S/c1-20(2)18(32)30(13-3-5-14(6-4-13)34-22(24,25)26)19(33)29(20)11-12-9-15(28-16(23)10-12)21(7-8-21)17(27)31/h3-6,9-10H,7-8,11H2,1-2H3,(H2,27,31). The summed E-state index contributed by atoms with van der Waals surface area (Å²) in [7, 11) is 0. The highest BCUT2D eigenvalue weighted by molar-refractivity contribution is 8.00. The SMILES string of the molecule is CC1(C)C(=O)N(c2ccc(SC(F)(F)F)cc2)C(=O)N1Cc1cc(Cl)nc(C2(C(N)=O)CC2)c1. The molecule has 1 aliphatic heterocycles. The largest absolute Gasteiger partial charge is 0.446 e. The molecule has 7 nitrogen and oxygen atoms in total. The van der Waals surface area contributed by atoms with Crippen LogP contribution in [-0.4, -0.2) is 38.8 Å². The van der Waals surface area contributed by atoms with E-state index >= 15 is 0 Å². The maximum absolute atomic E-state index is 13.3. The summed E-state index contributed by atoms with van der Waals surface area (Å²) in [5.41, 5.74) is 0.127. The summed E-state index contributed by atoms with van der Waals surface area (Å²) in [5, 5.41) is 0.130. The van der Waals surface area contributed by atoms with Crippen molar-refractivity contribution in [1.82, 2.24) is 9.88 Å². The van der Waals surface area contributed by atoms with E-state index in [2.05, 4.69) is 4.98 Å². The molecule has 12 heteroatoms. The van der Waals surface area contributed by atoms with Crippen LogP contribution in [0.2, 0.25) is 5.15 Å². The number of carbonyl (C=O) groups is 3. The first-order chi connectivity index (χ1) is 15.7. The molecule has 4 amide bonds. The van der Waals surface area contributed by atoms with Gasteiger partial charge in [-0.3, -0.25) is 9.59 Å². The predicted octanol–water partition coefficient (Wildman–Crippen LogP) is 4.61. The summed E-state index contributed by atoms with van der Waals surface area (Å²) in [4.78, 5) is 44.7. The number of nitrogens with zero attached hydrogens (tertiary/aromatic N) is 3. The normalized spacial score (nSPS) is 19.0. The Morgan fingerprint density at radius 1 is 1.18 bits per heavy atom. The zero-order valence-electron chi connectivity index (χ0n) is 18.1. The van der Waals surface area contributed by atoms with Crippen LogP contribution in [0.25, 0.3) is 0 Å². The second kappa shape index (κ2) is 8.16. The van der Waals surface area contributed by atoms with Crippen LogP contribution in [0.15, 0.2) is 41.3 Å². The zero-order chi connectivity index (χ0) is 25.1. The Labute approximate surface area is 202 Å². The molecule has 1 aromatic heterocycles. The molecule has 2 heterocycles. The summed E-state index contributed by atoms with van der Waals surface area (Å²) < 4.78 is 37.8. The quantitative estimate of drug-likeness (QED) is 0.346. The fourth-order valence-corrected chi connectivity index (χ4v) is 4.72. The molecule has 2 aliphatic rings. The number of halogens is 4. The van der Waals surface area contributed by atoms with Crippen LogP contribution in [0.3, 0.4) is 0 Å². The molecule has 34 heavy (non-hydrogen) atoms. The Morgan fingerprint density at radius 2 is 1.79 bits per heavy atom. The minimum absolute atomic E-state index is 0.000163. The van der Waals surface area contributed by atoms with Gasteiger partial charge >= 0.3 is 11.5 Å². The number of urea groups is 1. The third kappa shape index (κ3) is 4.34.